The van der Waals surface area contributed by atoms with Crippen molar-refractivity contribution in [2.75, 3.05) is 19.7 Å². The second kappa shape index (κ2) is 12.3. The number of nitrogens with one attached hydrogen (secondary N) is 2. The van der Waals surface area contributed by atoms with E-state index >= 15 is 0 Å². The lowest BCUT2D eigenvalue weighted by Gasteiger charge is -2.18. The van der Waals surface area contributed by atoms with Gasteiger partial charge in [-0.25, -0.2) is 4.79 Å². The molecule has 0 spiro atoms. The topological polar surface area (TPSA) is 128 Å². The lowest BCUT2D eigenvalue weighted by atomic mass is 10.00. The SMILES string of the molecule is CC(=O)N[C@@H](CCCCN)C(=O)NCC(=O)COC(=O)c1c(C(F)(F)F)cccc1C(F)(F)F. The number of ether oxygens (including phenoxy) is 1. The molecule has 0 aromatic heterocycles. The van der Waals surface area contributed by atoms with Crippen molar-refractivity contribution in [3.05, 3.63) is 34.9 Å². The molecule has 1 atom stereocenters. The highest BCUT2D eigenvalue weighted by Crippen LogP contribution is 2.39. The van der Waals surface area contributed by atoms with Gasteiger partial charge in [0.1, 0.15) is 6.04 Å². The van der Waals surface area contributed by atoms with Crippen LogP contribution in [0.2, 0.25) is 0 Å². The van der Waals surface area contributed by atoms with Crippen molar-refractivity contribution in [2.24, 2.45) is 5.73 Å². The molecular weight excluding hydrogens is 476 g/mol. The van der Waals surface area contributed by atoms with Crippen LogP contribution in [0, 0.1) is 0 Å². The van der Waals surface area contributed by atoms with Gasteiger partial charge in [0.25, 0.3) is 0 Å². The van der Waals surface area contributed by atoms with Crippen LogP contribution < -0.4 is 16.4 Å². The standard InChI is InChI=1S/C20H23F6N3O5/c1-11(30)29-15(7-2-3-8-27)17(32)28-9-12(31)10-34-18(33)16-13(19(21,22)23)5-4-6-14(16)20(24,25)26/h4-6,15H,2-3,7-10,27H2,1H3,(H,28,32)(H,29,30)/t15-/m0/s1. The van der Waals surface area contributed by atoms with Gasteiger partial charge in [0.15, 0.2) is 12.4 Å². The van der Waals surface area contributed by atoms with E-state index in [1.54, 1.807) is 0 Å². The number of amides is 2. The van der Waals surface area contributed by atoms with E-state index in [2.05, 4.69) is 15.4 Å². The van der Waals surface area contributed by atoms with E-state index in [1.807, 2.05) is 0 Å². The van der Waals surface area contributed by atoms with Crippen LogP contribution >= 0.6 is 0 Å². The third-order valence-electron chi connectivity index (χ3n) is 4.34. The molecule has 0 saturated heterocycles. The van der Waals surface area contributed by atoms with Gasteiger partial charge in [-0.2, -0.15) is 26.3 Å². The van der Waals surface area contributed by atoms with Gasteiger partial charge in [-0.3, -0.25) is 14.4 Å². The molecular formula is C20H23F6N3O5. The van der Waals surface area contributed by atoms with Crippen molar-refractivity contribution in [3.63, 3.8) is 0 Å². The molecule has 2 amide bonds. The van der Waals surface area contributed by atoms with Gasteiger partial charge in [-0.05, 0) is 37.9 Å². The highest BCUT2D eigenvalue weighted by molar-refractivity contribution is 5.96. The molecule has 0 unspecified atom stereocenters. The second-order valence-corrected chi connectivity index (χ2v) is 7.09. The van der Waals surface area contributed by atoms with E-state index in [9.17, 15) is 45.5 Å². The summed E-state index contributed by atoms with van der Waals surface area (Å²) in [6.07, 6.45) is -9.33. The number of esters is 1. The van der Waals surface area contributed by atoms with Crippen LogP contribution in [-0.2, 0) is 31.5 Å². The molecule has 4 N–H and O–H groups in total. The molecule has 0 fully saturated rings. The summed E-state index contributed by atoms with van der Waals surface area (Å²) in [5.74, 6) is -4.29. The molecule has 0 heterocycles. The maximum atomic E-state index is 13.1. The van der Waals surface area contributed by atoms with Gasteiger partial charge in [-0.15, -0.1) is 0 Å². The first-order valence-electron chi connectivity index (χ1n) is 9.89. The third kappa shape index (κ3) is 9.00. The number of nitrogens with two attached hydrogens (primary N) is 1. The zero-order valence-corrected chi connectivity index (χ0v) is 17.9. The van der Waals surface area contributed by atoms with Gasteiger partial charge in [0.05, 0.1) is 23.2 Å². The average molecular weight is 499 g/mol. The molecule has 1 rings (SSSR count). The van der Waals surface area contributed by atoms with E-state index in [0.717, 1.165) is 0 Å². The van der Waals surface area contributed by atoms with Crippen LogP contribution in [0.15, 0.2) is 18.2 Å². The first-order valence-corrected chi connectivity index (χ1v) is 9.89. The van der Waals surface area contributed by atoms with E-state index in [1.165, 1.54) is 6.92 Å². The Morgan fingerprint density at radius 1 is 1.00 bits per heavy atom. The summed E-state index contributed by atoms with van der Waals surface area (Å²) >= 11 is 0. The predicted molar refractivity (Wildman–Crippen MR) is 105 cm³/mol. The Labute approximate surface area is 190 Å². The summed E-state index contributed by atoms with van der Waals surface area (Å²) in [5.41, 5.74) is -0.159. The fourth-order valence-corrected chi connectivity index (χ4v) is 2.83. The van der Waals surface area contributed by atoms with Crippen molar-refractivity contribution in [2.45, 2.75) is 44.6 Å². The quantitative estimate of drug-likeness (QED) is 0.243. The summed E-state index contributed by atoms with van der Waals surface area (Å²) in [4.78, 5) is 47.4. The monoisotopic (exact) mass is 499 g/mol. The fourth-order valence-electron chi connectivity index (χ4n) is 2.83. The number of rotatable bonds is 11. The number of carbonyl (C=O) groups is 4. The molecule has 8 nitrogen and oxygen atoms in total. The predicted octanol–water partition coefficient (Wildman–Crippen LogP) is 2.20. The Balaban J connectivity index is 2.84. The molecule has 0 aliphatic carbocycles. The molecule has 0 bridgehead atoms. The van der Waals surface area contributed by atoms with E-state index < -0.39 is 71.8 Å². The average Bonchev–Trinajstić information content (AvgIpc) is 2.73. The summed E-state index contributed by atoms with van der Waals surface area (Å²) in [6.45, 7) is -0.416. The van der Waals surface area contributed by atoms with Crippen LogP contribution in [0.1, 0.15) is 47.7 Å². The molecule has 0 saturated carbocycles. The molecule has 34 heavy (non-hydrogen) atoms. The van der Waals surface area contributed by atoms with Crippen LogP contribution in [0.3, 0.4) is 0 Å². The number of alkyl halides is 6. The molecule has 190 valence electrons. The van der Waals surface area contributed by atoms with E-state index in [0.29, 0.717) is 25.5 Å². The van der Waals surface area contributed by atoms with Crippen molar-refractivity contribution >= 4 is 23.6 Å². The lowest BCUT2D eigenvalue weighted by Crippen LogP contribution is -2.47. The molecule has 1 aromatic carbocycles. The maximum Gasteiger partial charge on any atom is 0.417 e. The Morgan fingerprint density at radius 3 is 2.03 bits per heavy atom. The van der Waals surface area contributed by atoms with Crippen molar-refractivity contribution in [1.29, 1.82) is 0 Å². The number of Topliss-reactive ketones (excluding diaryl/α,β-unsaturated/α-hetero) is 1. The summed E-state index contributed by atoms with van der Waals surface area (Å²) < 4.78 is 83.2. The summed E-state index contributed by atoms with van der Waals surface area (Å²) in [6, 6.07) is 0.0521. The van der Waals surface area contributed by atoms with E-state index in [4.69, 9.17) is 5.73 Å². The van der Waals surface area contributed by atoms with Crippen molar-refractivity contribution < 1.29 is 50.3 Å². The molecule has 0 radical (unpaired) electrons. The minimum Gasteiger partial charge on any atom is -0.454 e. The maximum absolute atomic E-state index is 13.1. The van der Waals surface area contributed by atoms with Gasteiger partial charge >= 0.3 is 18.3 Å². The van der Waals surface area contributed by atoms with Crippen molar-refractivity contribution in [3.8, 4) is 0 Å². The third-order valence-corrected chi connectivity index (χ3v) is 4.34. The Hall–Kier alpha value is -3.16. The number of benzene rings is 1. The highest BCUT2D eigenvalue weighted by Gasteiger charge is 2.43. The Bertz CT molecular complexity index is 869. The normalized spacial score (nSPS) is 12.6. The number of unbranched alkanes of at least 4 members (excludes halogenated alkanes) is 1. The number of hydrogen-bond acceptors (Lipinski definition) is 6. The van der Waals surface area contributed by atoms with Crippen LogP contribution in [-0.4, -0.2) is 49.3 Å². The van der Waals surface area contributed by atoms with Crippen LogP contribution in [0.4, 0.5) is 26.3 Å². The molecule has 14 heteroatoms. The molecule has 0 aliphatic rings. The summed E-state index contributed by atoms with van der Waals surface area (Å²) in [5, 5.41) is 4.54. The zero-order valence-electron chi connectivity index (χ0n) is 17.9. The Kier molecular flexibility index (Phi) is 10.5. The number of hydrogen-bond donors (Lipinski definition) is 3. The lowest BCUT2D eigenvalue weighted by molar-refractivity contribution is -0.144. The van der Waals surface area contributed by atoms with Crippen molar-refractivity contribution in [1.82, 2.24) is 10.6 Å². The van der Waals surface area contributed by atoms with Gasteiger partial charge < -0.3 is 21.1 Å². The largest absolute Gasteiger partial charge is 0.454 e. The van der Waals surface area contributed by atoms with E-state index in [-0.39, 0.29) is 18.6 Å². The zero-order chi connectivity index (χ0) is 26.1. The fraction of sp³-hybridized carbons (Fsp3) is 0.500. The highest BCUT2D eigenvalue weighted by atomic mass is 19.4. The number of halogens is 6. The number of ketones is 1. The van der Waals surface area contributed by atoms with Crippen LogP contribution in [0.25, 0.3) is 0 Å². The minimum absolute atomic E-state index is 0.209. The Morgan fingerprint density at radius 2 is 1.56 bits per heavy atom. The van der Waals surface area contributed by atoms with Gasteiger partial charge in [0, 0.05) is 6.92 Å². The first-order chi connectivity index (χ1) is 15.7. The molecule has 1 aromatic rings. The molecule has 0 aliphatic heterocycles. The van der Waals surface area contributed by atoms with Gasteiger partial charge in [-0.1, -0.05) is 6.07 Å². The summed E-state index contributed by atoms with van der Waals surface area (Å²) in [7, 11) is 0. The minimum atomic E-state index is -5.30. The smallest absolute Gasteiger partial charge is 0.417 e. The van der Waals surface area contributed by atoms with Gasteiger partial charge in [0.2, 0.25) is 11.8 Å². The van der Waals surface area contributed by atoms with Crippen LogP contribution in [0.5, 0.6) is 0 Å². The number of carbonyl (C=O) groups excluding carboxylic acids is 4. The second-order valence-electron chi connectivity index (χ2n) is 7.09. The first kappa shape index (κ1) is 28.9.